The lowest BCUT2D eigenvalue weighted by Gasteiger charge is -2.38. The number of fused-ring (bicyclic) bond motifs is 1. The Morgan fingerprint density at radius 1 is 0.818 bits per heavy atom. The van der Waals surface area contributed by atoms with Crippen LogP contribution in [0.3, 0.4) is 0 Å². The zero-order chi connectivity index (χ0) is 30.3. The summed E-state index contributed by atoms with van der Waals surface area (Å²) in [6.07, 6.45) is 1.89. The number of nitrogens with zero attached hydrogens (tertiary/aromatic N) is 2. The summed E-state index contributed by atoms with van der Waals surface area (Å²) in [6, 6.07) is 34.6. The summed E-state index contributed by atoms with van der Waals surface area (Å²) in [6.45, 7) is 6.58. The number of carbonyl (C=O) groups is 1. The van der Waals surface area contributed by atoms with Crippen molar-refractivity contribution in [2.45, 2.75) is 44.6 Å². The Morgan fingerprint density at radius 2 is 1.41 bits per heavy atom. The van der Waals surface area contributed by atoms with Crippen LogP contribution in [0, 0.1) is 6.92 Å². The number of rotatable bonds is 7. The molecule has 222 valence electrons. The molecule has 4 aromatic carbocycles. The molecule has 7 rings (SSSR count). The number of benzene rings is 4. The minimum Gasteiger partial charge on any atom is -0.457 e. The molecular formula is C37H35N3O4. The van der Waals surface area contributed by atoms with E-state index in [4.69, 9.17) is 9.15 Å². The summed E-state index contributed by atoms with van der Waals surface area (Å²) in [4.78, 5) is 28.3. The van der Waals surface area contributed by atoms with E-state index in [9.17, 15) is 9.59 Å². The molecule has 0 amide bonds. The molecule has 7 nitrogen and oxygen atoms in total. The van der Waals surface area contributed by atoms with Crippen molar-refractivity contribution >= 4 is 5.97 Å². The molecule has 0 spiro atoms. The van der Waals surface area contributed by atoms with Crippen LogP contribution in [-0.4, -0.2) is 34.6 Å². The summed E-state index contributed by atoms with van der Waals surface area (Å²) >= 11 is 0. The molecule has 0 bridgehead atoms. The summed E-state index contributed by atoms with van der Waals surface area (Å²) in [5.74, 6) is -0.0477. The molecular weight excluding hydrogens is 550 g/mol. The van der Waals surface area contributed by atoms with E-state index >= 15 is 0 Å². The van der Waals surface area contributed by atoms with Crippen molar-refractivity contribution in [3.05, 3.63) is 165 Å². The van der Waals surface area contributed by atoms with E-state index in [1.165, 1.54) is 0 Å². The first-order chi connectivity index (χ1) is 21.4. The third-order valence-electron chi connectivity index (χ3n) is 9.05. The molecule has 1 saturated heterocycles. The predicted molar refractivity (Wildman–Crippen MR) is 168 cm³/mol. The minimum atomic E-state index is -0.928. The first kappa shape index (κ1) is 28.1. The van der Waals surface area contributed by atoms with Crippen LogP contribution in [0.2, 0.25) is 0 Å². The molecule has 3 heterocycles. The number of esters is 1. The van der Waals surface area contributed by atoms with Gasteiger partial charge in [-0.25, -0.2) is 9.59 Å². The van der Waals surface area contributed by atoms with Crippen LogP contribution in [0.25, 0.3) is 0 Å². The van der Waals surface area contributed by atoms with E-state index in [0.717, 1.165) is 46.5 Å². The van der Waals surface area contributed by atoms with E-state index < -0.39 is 11.3 Å². The van der Waals surface area contributed by atoms with Gasteiger partial charge in [0.15, 0.2) is 0 Å². The van der Waals surface area contributed by atoms with Crippen LogP contribution in [0.4, 0.5) is 0 Å². The maximum absolute atomic E-state index is 13.9. The second-order valence-electron chi connectivity index (χ2n) is 11.8. The monoisotopic (exact) mass is 585 g/mol. The highest BCUT2D eigenvalue weighted by Crippen LogP contribution is 2.40. The number of aromatic nitrogens is 1. The van der Waals surface area contributed by atoms with Gasteiger partial charge in [-0.2, -0.15) is 0 Å². The zero-order valence-corrected chi connectivity index (χ0v) is 24.9. The van der Waals surface area contributed by atoms with E-state index in [1.54, 1.807) is 4.57 Å². The lowest BCUT2D eigenvalue weighted by Crippen LogP contribution is -2.50. The number of nitrogens with one attached hydrogen (secondary N) is 1. The Labute approximate surface area is 256 Å². The van der Waals surface area contributed by atoms with Gasteiger partial charge in [-0.05, 0) is 47.7 Å². The molecule has 5 aromatic rings. The Kier molecular flexibility index (Phi) is 7.28. The highest BCUT2D eigenvalue weighted by molar-refractivity contribution is 5.94. The van der Waals surface area contributed by atoms with Crippen LogP contribution >= 0.6 is 0 Å². The Morgan fingerprint density at radius 3 is 2.00 bits per heavy atom. The number of piperazine rings is 1. The van der Waals surface area contributed by atoms with Crippen molar-refractivity contribution in [2.75, 3.05) is 13.1 Å². The first-order valence-electron chi connectivity index (χ1n) is 15.1. The fraction of sp³-hybridized carbons (Fsp3) is 0.243. The average molecular weight is 586 g/mol. The van der Waals surface area contributed by atoms with Crippen LogP contribution in [0.15, 0.2) is 119 Å². The normalized spacial score (nSPS) is 18.6. The van der Waals surface area contributed by atoms with Crippen LogP contribution in [0.1, 0.15) is 62.5 Å². The number of oxazole rings is 1. The maximum atomic E-state index is 13.9. The molecule has 0 unspecified atom stereocenters. The summed E-state index contributed by atoms with van der Waals surface area (Å²) in [7, 11) is 0. The first-order valence-corrected chi connectivity index (χ1v) is 15.1. The van der Waals surface area contributed by atoms with Gasteiger partial charge in [-0.15, -0.1) is 0 Å². The lowest BCUT2D eigenvalue weighted by atomic mass is 9.76. The van der Waals surface area contributed by atoms with E-state index in [1.807, 2.05) is 72.9 Å². The topological polar surface area (TPSA) is 76.7 Å². The zero-order valence-electron chi connectivity index (χ0n) is 24.9. The molecule has 2 aliphatic heterocycles. The van der Waals surface area contributed by atoms with Crippen LogP contribution < -0.4 is 11.1 Å². The molecule has 1 N–H and O–H groups in total. The van der Waals surface area contributed by atoms with Crippen LogP contribution in [0.5, 0.6) is 0 Å². The highest BCUT2D eigenvalue weighted by atomic mass is 16.5. The lowest BCUT2D eigenvalue weighted by molar-refractivity contribution is 0.0535. The fourth-order valence-corrected chi connectivity index (χ4v) is 7.10. The van der Waals surface area contributed by atoms with Crippen molar-refractivity contribution in [3.63, 3.8) is 0 Å². The van der Waals surface area contributed by atoms with Crippen molar-refractivity contribution < 1.29 is 13.9 Å². The third-order valence-corrected chi connectivity index (χ3v) is 9.05. The molecule has 0 saturated carbocycles. The highest BCUT2D eigenvalue weighted by Gasteiger charge is 2.41. The average Bonchev–Trinajstić information content (AvgIpc) is 3.61. The van der Waals surface area contributed by atoms with Gasteiger partial charge < -0.3 is 14.5 Å². The van der Waals surface area contributed by atoms with Crippen molar-refractivity contribution in [3.8, 4) is 0 Å². The molecule has 0 radical (unpaired) electrons. The number of ether oxygens (including phenoxy) is 1. The Bertz CT molecular complexity index is 1750. The molecule has 44 heavy (non-hydrogen) atoms. The number of hydrogen-bond donors (Lipinski definition) is 1. The third kappa shape index (κ3) is 4.78. The largest absolute Gasteiger partial charge is 0.457 e. The summed E-state index contributed by atoms with van der Waals surface area (Å²) in [5, 5.41) is 3.73. The van der Waals surface area contributed by atoms with Gasteiger partial charge >= 0.3 is 11.7 Å². The standard InChI is InChI=1S/C37H35N3O4/c1-25-20-39(23-34(38-25)31-18-19-32-33(26(31)2)24-43-35(32)41)21-30-22-40(36(42)44-30)37(27-12-6-3-7-13-27,28-14-8-4-9-15-28)29-16-10-5-11-17-29/h3-19,22,25,34,38H,20-21,23-24H2,1-2H3/t25-,34-/m0/s1. The van der Waals surface area contributed by atoms with Gasteiger partial charge in [-0.3, -0.25) is 9.47 Å². The second-order valence-corrected chi connectivity index (χ2v) is 11.8. The molecule has 7 heteroatoms. The molecule has 2 atom stereocenters. The van der Waals surface area contributed by atoms with Gasteiger partial charge in [0.05, 0.1) is 18.3 Å². The van der Waals surface area contributed by atoms with E-state index in [2.05, 4.69) is 60.5 Å². The molecule has 1 fully saturated rings. The van der Waals surface area contributed by atoms with E-state index in [-0.39, 0.29) is 18.1 Å². The Balaban J connectivity index is 1.26. The second kappa shape index (κ2) is 11.4. The predicted octanol–water partition coefficient (Wildman–Crippen LogP) is 5.80. The summed E-state index contributed by atoms with van der Waals surface area (Å²) < 4.78 is 13.1. The number of carbonyl (C=O) groups excluding carboxylic acids is 1. The minimum absolute atomic E-state index is 0.0607. The number of hydrogen-bond acceptors (Lipinski definition) is 6. The Hall–Kier alpha value is -4.72. The van der Waals surface area contributed by atoms with Gasteiger partial charge in [0.25, 0.3) is 0 Å². The quantitative estimate of drug-likeness (QED) is 0.192. The maximum Gasteiger partial charge on any atom is 0.420 e. The molecule has 1 aromatic heterocycles. The van der Waals surface area contributed by atoms with Gasteiger partial charge in [0, 0.05) is 30.7 Å². The van der Waals surface area contributed by atoms with Crippen molar-refractivity contribution in [2.24, 2.45) is 0 Å². The SMILES string of the molecule is Cc1c([C@@H]2CN(Cc3cn(C(c4ccccc4)(c4ccccc4)c4ccccc4)c(=O)o3)C[C@H](C)N2)ccc2c1COC2=O. The number of cyclic esters (lactones) is 1. The fourth-order valence-electron chi connectivity index (χ4n) is 7.10. The summed E-state index contributed by atoms with van der Waals surface area (Å²) in [5.41, 5.74) is 5.87. The molecule has 0 aliphatic carbocycles. The van der Waals surface area contributed by atoms with Gasteiger partial charge in [0.1, 0.15) is 17.9 Å². The smallest absolute Gasteiger partial charge is 0.420 e. The van der Waals surface area contributed by atoms with Crippen LogP contribution in [-0.2, 0) is 23.4 Å². The van der Waals surface area contributed by atoms with Crippen molar-refractivity contribution in [1.29, 1.82) is 0 Å². The van der Waals surface area contributed by atoms with Gasteiger partial charge in [-0.1, -0.05) is 97.1 Å². The molecule has 2 aliphatic rings. The van der Waals surface area contributed by atoms with Crippen molar-refractivity contribution in [1.82, 2.24) is 14.8 Å². The van der Waals surface area contributed by atoms with Gasteiger partial charge in [0.2, 0.25) is 0 Å². The van der Waals surface area contributed by atoms with E-state index in [0.29, 0.717) is 24.5 Å².